The largest absolute Gasteiger partial charge is 0.426 e. The van der Waals surface area contributed by atoms with Crippen molar-refractivity contribution >= 4 is 22.6 Å². The smallest absolute Gasteiger partial charge is 0.308 e. The number of nitrogens with zero attached hydrogens (tertiary/aromatic N) is 1. The molecule has 4 heteroatoms. The van der Waals surface area contributed by atoms with Gasteiger partial charge in [0, 0.05) is 25.5 Å². The number of carbonyl (C=O) groups excluding carboxylic acids is 2. The third-order valence-electron chi connectivity index (χ3n) is 5.00. The zero-order chi connectivity index (χ0) is 17.8. The van der Waals surface area contributed by atoms with Gasteiger partial charge in [-0.1, -0.05) is 49.6 Å². The van der Waals surface area contributed by atoms with Gasteiger partial charge in [0.15, 0.2) is 0 Å². The molecule has 0 N–H and O–H groups in total. The van der Waals surface area contributed by atoms with Gasteiger partial charge in [0.2, 0.25) is 5.91 Å². The predicted molar refractivity (Wildman–Crippen MR) is 98.4 cm³/mol. The van der Waals surface area contributed by atoms with Gasteiger partial charge in [-0.2, -0.15) is 0 Å². The van der Waals surface area contributed by atoms with E-state index in [9.17, 15) is 9.59 Å². The average molecular weight is 339 g/mol. The van der Waals surface area contributed by atoms with Crippen LogP contribution in [0.3, 0.4) is 0 Å². The van der Waals surface area contributed by atoms with Gasteiger partial charge in [0.1, 0.15) is 5.75 Å². The minimum Gasteiger partial charge on any atom is -0.426 e. The molecule has 1 aliphatic rings. The van der Waals surface area contributed by atoms with Crippen molar-refractivity contribution in [3.8, 4) is 5.75 Å². The first kappa shape index (κ1) is 17.5. The van der Waals surface area contributed by atoms with E-state index in [2.05, 4.69) is 0 Å². The van der Waals surface area contributed by atoms with Gasteiger partial charge in [-0.15, -0.1) is 0 Å². The van der Waals surface area contributed by atoms with Crippen LogP contribution in [0, 0.1) is 0 Å². The van der Waals surface area contributed by atoms with Crippen LogP contribution in [0.1, 0.15) is 51.5 Å². The Morgan fingerprint density at radius 2 is 1.76 bits per heavy atom. The van der Waals surface area contributed by atoms with Crippen molar-refractivity contribution in [2.75, 3.05) is 0 Å². The van der Waals surface area contributed by atoms with E-state index < -0.39 is 0 Å². The number of amides is 1. The van der Waals surface area contributed by atoms with Gasteiger partial charge in [-0.3, -0.25) is 9.59 Å². The second-order valence-corrected chi connectivity index (χ2v) is 6.80. The molecule has 1 aliphatic carbocycles. The molecule has 1 fully saturated rings. The summed E-state index contributed by atoms with van der Waals surface area (Å²) in [5.41, 5.74) is 0.911. The van der Waals surface area contributed by atoms with Crippen molar-refractivity contribution in [1.29, 1.82) is 0 Å². The fraction of sp³-hybridized carbons (Fsp3) is 0.429. The quantitative estimate of drug-likeness (QED) is 0.611. The summed E-state index contributed by atoms with van der Waals surface area (Å²) < 4.78 is 5.44. The highest BCUT2D eigenvalue weighted by molar-refractivity contribution is 5.89. The molecule has 4 nitrogen and oxygen atoms in total. The van der Waals surface area contributed by atoms with E-state index in [1.165, 1.54) is 26.2 Å². The van der Waals surface area contributed by atoms with Gasteiger partial charge >= 0.3 is 5.97 Å². The highest BCUT2D eigenvalue weighted by atomic mass is 16.5. The first-order valence-electron chi connectivity index (χ1n) is 9.02. The van der Waals surface area contributed by atoms with E-state index in [1.807, 2.05) is 41.3 Å². The molecule has 0 atom stereocenters. The molecule has 1 amide bonds. The monoisotopic (exact) mass is 339 g/mol. The number of fused-ring (bicyclic) bond motifs is 1. The third-order valence-corrected chi connectivity index (χ3v) is 5.00. The fourth-order valence-corrected chi connectivity index (χ4v) is 3.79. The number of benzene rings is 2. The first-order chi connectivity index (χ1) is 12.1. The van der Waals surface area contributed by atoms with Crippen LogP contribution in [-0.2, 0) is 16.1 Å². The molecule has 1 saturated carbocycles. The lowest BCUT2D eigenvalue weighted by molar-refractivity contribution is -0.132. The highest BCUT2D eigenvalue weighted by Gasteiger charge is 2.25. The van der Waals surface area contributed by atoms with Crippen LogP contribution in [0.15, 0.2) is 36.4 Å². The van der Waals surface area contributed by atoms with Crippen LogP contribution in [0.2, 0.25) is 0 Å². The normalized spacial score (nSPS) is 15.1. The summed E-state index contributed by atoms with van der Waals surface area (Å²) in [5.74, 6) is 0.283. The minimum absolute atomic E-state index is 0.0774. The number of rotatable bonds is 4. The summed E-state index contributed by atoms with van der Waals surface area (Å²) in [6.45, 7) is 3.51. The zero-order valence-corrected chi connectivity index (χ0v) is 15.0. The maximum absolute atomic E-state index is 12.3. The first-order valence-corrected chi connectivity index (χ1v) is 9.02. The molecule has 0 aliphatic heterocycles. The van der Waals surface area contributed by atoms with Crippen molar-refractivity contribution in [1.82, 2.24) is 4.90 Å². The van der Waals surface area contributed by atoms with E-state index >= 15 is 0 Å². The lowest BCUT2D eigenvalue weighted by Crippen LogP contribution is -2.39. The SMILES string of the molecule is CC(=O)Oc1ccc2ccccc2c1CN(C(C)=O)C1CCCCC1. The van der Waals surface area contributed by atoms with Crippen LogP contribution >= 0.6 is 0 Å². The molecule has 0 aromatic heterocycles. The second-order valence-electron chi connectivity index (χ2n) is 6.80. The van der Waals surface area contributed by atoms with Crippen LogP contribution in [0.5, 0.6) is 5.75 Å². The Morgan fingerprint density at radius 1 is 1.04 bits per heavy atom. The number of hydrogen-bond acceptors (Lipinski definition) is 3. The molecule has 0 spiro atoms. The minimum atomic E-state index is -0.344. The predicted octanol–water partition coefficient (Wildman–Crippen LogP) is 4.45. The Morgan fingerprint density at radius 3 is 2.44 bits per heavy atom. The maximum atomic E-state index is 12.3. The molecule has 2 aromatic carbocycles. The Labute approximate surface area is 148 Å². The Balaban J connectivity index is 2.01. The highest BCUT2D eigenvalue weighted by Crippen LogP contribution is 2.32. The van der Waals surface area contributed by atoms with Crippen LogP contribution in [0.4, 0.5) is 0 Å². The van der Waals surface area contributed by atoms with Crippen LogP contribution in [-0.4, -0.2) is 22.8 Å². The summed E-state index contributed by atoms with van der Waals surface area (Å²) in [6.07, 6.45) is 5.68. The fourth-order valence-electron chi connectivity index (χ4n) is 3.79. The number of ether oxygens (including phenoxy) is 1. The van der Waals surface area contributed by atoms with E-state index in [-0.39, 0.29) is 17.9 Å². The van der Waals surface area contributed by atoms with Crippen molar-refractivity contribution in [3.63, 3.8) is 0 Å². The summed E-state index contributed by atoms with van der Waals surface area (Å²) in [5, 5.41) is 2.11. The van der Waals surface area contributed by atoms with Gasteiger partial charge in [-0.25, -0.2) is 0 Å². The molecule has 132 valence electrons. The second kappa shape index (κ2) is 7.68. The molecule has 0 saturated heterocycles. The van der Waals surface area contributed by atoms with E-state index in [4.69, 9.17) is 4.74 Å². The Hall–Kier alpha value is -2.36. The molecule has 3 rings (SSSR count). The molecule has 25 heavy (non-hydrogen) atoms. The summed E-state index contributed by atoms with van der Waals surface area (Å²) in [4.78, 5) is 25.8. The summed E-state index contributed by atoms with van der Waals surface area (Å²) in [7, 11) is 0. The van der Waals surface area contributed by atoms with E-state index in [0.717, 1.165) is 29.2 Å². The number of carbonyl (C=O) groups is 2. The van der Waals surface area contributed by atoms with Crippen LogP contribution < -0.4 is 4.74 Å². The molecule has 0 unspecified atom stereocenters. The Kier molecular flexibility index (Phi) is 5.37. The molecular weight excluding hydrogens is 314 g/mol. The number of esters is 1. The molecular formula is C21H25NO3. The van der Waals surface area contributed by atoms with Crippen molar-refractivity contribution in [3.05, 3.63) is 42.0 Å². The average Bonchev–Trinajstić information content (AvgIpc) is 2.60. The van der Waals surface area contributed by atoms with Crippen molar-refractivity contribution in [2.45, 2.75) is 58.5 Å². The molecule has 0 bridgehead atoms. The van der Waals surface area contributed by atoms with Crippen molar-refractivity contribution in [2.24, 2.45) is 0 Å². The summed E-state index contributed by atoms with van der Waals surface area (Å²) >= 11 is 0. The maximum Gasteiger partial charge on any atom is 0.308 e. The lowest BCUT2D eigenvalue weighted by atomic mass is 9.93. The van der Waals surface area contributed by atoms with Gasteiger partial charge < -0.3 is 9.64 Å². The third kappa shape index (κ3) is 4.01. The standard InChI is InChI=1S/C21H25NO3/c1-15(23)22(18-9-4-3-5-10-18)14-20-19-11-7-6-8-17(19)12-13-21(20)25-16(2)24/h6-8,11-13,18H,3-5,9-10,14H2,1-2H3. The van der Waals surface area contributed by atoms with Gasteiger partial charge in [0.25, 0.3) is 0 Å². The molecule has 0 radical (unpaired) electrons. The Bertz CT molecular complexity index is 778. The van der Waals surface area contributed by atoms with E-state index in [0.29, 0.717) is 12.3 Å². The van der Waals surface area contributed by atoms with E-state index in [1.54, 1.807) is 6.92 Å². The van der Waals surface area contributed by atoms with Gasteiger partial charge in [-0.05, 0) is 29.7 Å². The van der Waals surface area contributed by atoms with Crippen LogP contribution in [0.25, 0.3) is 10.8 Å². The van der Waals surface area contributed by atoms with Gasteiger partial charge in [0.05, 0.1) is 6.54 Å². The molecule has 2 aromatic rings. The lowest BCUT2D eigenvalue weighted by Gasteiger charge is -2.34. The summed E-state index contributed by atoms with van der Waals surface area (Å²) in [6, 6.07) is 12.1. The zero-order valence-electron chi connectivity index (χ0n) is 15.0. The molecule has 0 heterocycles. The topological polar surface area (TPSA) is 46.6 Å². The van der Waals surface area contributed by atoms with Crippen molar-refractivity contribution < 1.29 is 14.3 Å². The number of hydrogen-bond donors (Lipinski definition) is 0.